The molecule has 4 nitrogen and oxygen atoms in total. The van der Waals surface area contributed by atoms with Crippen LogP contribution in [0.4, 0.5) is 27.9 Å². The summed E-state index contributed by atoms with van der Waals surface area (Å²) in [4.78, 5) is 5.88. The van der Waals surface area contributed by atoms with E-state index in [-0.39, 0.29) is 6.07 Å². The lowest BCUT2D eigenvalue weighted by molar-refractivity contribution is -0.141. The Bertz CT molecular complexity index is 353. The number of nitrogens with zero attached hydrogens (tertiary/aromatic N) is 2. The van der Waals surface area contributed by atoms with Crippen molar-refractivity contribution in [1.29, 1.82) is 0 Å². The fraction of sp³-hybridized carbons (Fsp3) is 0.333. The van der Waals surface area contributed by atoms with Crippen LogP contribution in [0.25, 0.3) is 0 Å². The van der Waals surface area contributed by atoms with Crippen molar-refractivity contribution in [2.45, 2.75) is 12.8 Å². The molecule has 0 aliphatic rings. The summed E-state index contributed by atoms with van der Waals surface area (Å²) < 4.78 is 63.3. The van der Waals surface area contributed by atoms with E-state index in [0.29, 0.717) is 0 Å². The lowest BCUT2D eigenvalue weighted by Gasteiger charge is -2.08. The van der Waals surface area contributed by atoms with Crippen molar-refractivity contribution < 1.29 is 26.7 Å². The van der Waals surface area contributed by atoms with Crippen molar-refractivity contribution >= 4 is 5.95 Å². The Kier molecular flexibility index (Phi) is 2.91. The summed E-state index contributed by atoms with van der Waals surface area (Å²) in [6, 6.07) is 0.239. The van der Waals surface area contributed by atoms with Gasteiger partial charge in [0.05, 0.1) is 0 Å². The molecule has 1 rings (SSSR count). The van der Waals surface area contributed by atoms with Crippen molar-refractivity contribution in [1.82, 2.24) is 9.97 Å². The largest absolute Gasteiger partial charge is 0.433 e. The normalized spacial score (nSPS) is 11.9. The number of aromatic nitrogens is 2. The number of rotatable bonds is 2. The first-order valence-corrected chi connectivity index (χ1v) is 3.45. The number of halogens is 5. The maximum atomic E-state index is 12.1. The van der Waals surface area contributed by atoms with Crippen LogP contribution >= 0.6 is 0 Å². The summed E-state index contributed by atoms with van der Waals surface area (Å²) in [5, 5.41) is 0. The predicted octanol–water partition coefficient (Wildman–Crippen LogP) is 1.68. The number of ether oxygens (including phenoxy) is 1. The second-order valence-corrected chi connectivity index (χ2v) is 2.33. The zero-order chi connectivity index (χ0) is 11.6. The van der Waals surface area contributed by atoms with Crippen LogP contribution in [-0.2, 0) is 6.18 Å². The molecule has 0 radical (unpaired) electrons. The minimum Gasteiger partial charge on any atom is -0.417 e. The number of hydrogen-bond acceptors (Lipinski definition) is 4. The Hall–Kier alpha value is -1.67. The highest BCUT2D eigenvalue weighted by molar-refractivity contribution is 5.27. The van der Waals surface area contributed by atoms with E-state index in [1.807, 2.05) is 0 Å². The second kappa shape index (κ2) is 3.83. The van der Waals surface area contributed by atoms with Crippen molar-refractivity contribution in [3.8, 4) is 5.88 Å². The van der Waals surface area contributed by atoms with Crippen LogP contribution < -0.4 is 10.5 Å². The Labute approximate surface area is 79.9 Å². The molecule has 2 N–H and O–H groups in total. The minimum absolute atomic E-state index is 0.239. The molecule has 0 aliphatic heterocycles. The molecule has 0 saturated heterocycles. The zero-order valence-electron chi connectivity index (χ0n) is 6.92. The molecule has 1 aromatic heterocycles. The number of alkyl halides is 5. The van der Waals surface area contributed by atoms with Gasteiger partial charge < -0.3 is 10.5 Å². The van der Waals surface area contributed by atoms with Gasteiger partial charge in [0.25, 0.3) is 0 Å². The monoisotopic (exact) mass is 229 g/mol. The van der Waals surface area contributed by atoms with Gasteiger partial charge in [-0.3, -0.25) is 0 Å². The molecule has 0 bridgehead atoms. The Balaban J connectivity index is 3.06. The minimum atomic E-state index is -4.79. The van der Waals surface area contributed by atoms with Crippen LogP contribution in [0.2, 0.25) is 0 Å². The van der Waals surface area contributed by atoms with Gasteiger partial charge in [0.1, 0.15) is 0 Å². The van der Waals surface area contributed by atoms with Crippen molar-refractivity contribution in [2.24, 2.45) is 0 Å². The average molecular weight is 229 g/mol. The molecule has 1 heterocycles. The van der Waals surface area contributed by atoms with E-state index < -0.39 is 30.3 Å². The Morgan fingerprint density at radius 3 is 2.33 bits per heavy atom. The summed E-state index contributed by atoms with van der Waals surface area (Å²) in [6.45, 7) is -3.28. The van der Waals surface area contributed by atoms with Gasteiger partial charge in [-0.2, -0.15) is 26.9 Å². The highest BCUT2D eigenvalue weighted by atomic mass is 19.4. The van der Waals surface area contributed by atoms with E-state index in [1.165, 1.54) is 0 Å². The molecular formula is C6H4F5N3O. The number of hydrogen-bond donors (Lipinski definition) is 1. The van der Waals surface area contributed by atoms with Gasteiger partial charge in [-0.25, -0.2) is 4.98 Å². The SMILES string of the molecule is Nc1nc(OC(F)F)cc(C(F)(F)F)n1. The Morgan fingerprint density at radius 2 is 1.87 bits per heavy atom. The van der Waals surface area contributed by atoms with E-state index in [2.05, 4.69) is 14.7 Å². The summed E-state index contributed by atoms with van der Waals surface area (Å²) in [5.41, 5.74) is 3.45. The zero-order valence-corrected chi connectivity index (χ0v) is 6.92. The van der Waals surface area contributed by atoms with Gasteiger partial charge >= 0.3 is 12.8 Å². The van der Waals surface area contributed by atoms with Gasteiger partial charge in [0.2, 0.25) is 11.8 Å². The van der Waals surface area contributed by atoms with Crippen LogP contribution in [0.15, 0.2) is 6.07 Å². The van der Waals surface area contributed by atoms with Crippen LogP contribution in [0, 0.1) is 0 Å². The molecule has 0 atom stereocenters. The predicted molar refractivity (Wildman–Crippen MR) is 38.1 cm³/mol. The van der Waals surface area contributed by atoms with Gasteiger partial charge in [0, 0.05) is 6.07 Å². The maximum Gasteiger partial charge on any atom is 0.433 e. The molecule has 0 aromatic carbocycles. The molecule has 0 fully saturated rings. The summed E-state index contributed by atoms with van der Waals surface area (Å²) >= 11 is 0. The third-order valence-corrected chi connectivity index (χ3v) is 1.22. The van der Waals surface area contributed by atoms with Crippen LogP contribution in [0.5, 0.6) is 5.88 Å². The molecular weight excluding hydrogens is 225 g/mol. The molecule has 0 aliphatic carbocycles. The van der Waals surface area contributed by atoms with E-state index in [1.54, 1.807) is 0 Å². The quantitative estimate of drug-likeness (QED) is 0.783. The topological polar surface area (TPSA) is 61.0 Å². The van der Waals surface area contributed by atoms with Crippen LogP contribution in [0.3, 0.4) is 0 Å². The maximum absolute atomic E-state index is 12.1. The van der Waals surface area contributed by atoms with Crippen LogP contribution in [0.1, 0.15) is 5.69 Å². The van der Waals surface area contributed by atoms with E-state index in [0.717, 1.165) is 0 Å². The third kappa shape index (κ3) is 3.18. The highest BCUT2D eigenvalue weighted by Crippen LogP contribution is 2.29. The molecule has 0 saturated carbocycles. The fourth-order valence-corrected chi connectivity index (χ4v) is 0.740. The highest BCUT2D eigenvalue weighted by Gasteiger charge is 2.34. The molecule has 1 aromatic rings. The summed E-state index contributed by atoms with van der Waals surface area (Å²) in [5.74, 6) is -1.72. The van der Waals surface area contributed by atoms with Crippen LogP contribution in [-0.4, -0.2) is 16.6 Å². The van der Waals surface area contributed by atoms with E-state index >= 15 is 0 Å². The second-order valence-electron chi connectivity index (χ2n) is 2.33. The van der Waals surface area contributed by atoms with Gasteiger partial charge in [0.15, 0.2) is 5.69 Å². The third-order valence-electron chi connectivity index (χ3n) is 1.22. The summed E-state index contributed by atoms with van der Waals surface area (Å²) in [6.07, 6.45) is -4.79. The molecule has 0 unspecified atom stereocenters. The fourth-order valence-electron chi connectivity index (χ4n) is 0.740. The lowest BCUT2D eigenvalue weighted by atomic mass is 10.4. The average Bonchev–Trinajstić information content (AvgIpc) is 1.99. The van der Waals surface area contributed by atoms with Crippen molar-refractivity contribution in [3.63, 3.8) is 0 Å². The molecule has 0 amide bonds. The van der Waals surface area contributed by atoms with Gasteiger partial charge in [-0.05, 0) is 0 Å². The number of nitrogen functional groups attached to an aromatic ring is 1. The van der Waals surface area contributed by atoms with Crippen molar-refractivity contribution in [3.05, 3.63) is 11.8 Å². The molecule has 9 heteroatoms. The molecule has 0 spiro atoms. The lowest BCUT2D eigenvalue weighted by Crippen LogP contribution is -2.13. The van der Waals surface area contributed by atoms with Gasteiger partial charge in [-0.15, -0.1) is 0 Å². The number of nitrogens with two attached hydrogens (primary N) is 1. The first kappa shape index (κ1) is 11.4. The standard InChI is InChI=1S/C6H4F5N3O/c7-4(8)15-3-1-2(6(9,10)11)13-5(12)14-3/h1,4H,(H2,12,13,14). The number of anilines is 1. The van der Waals surface area contributed by atoms with Gasteiger partial charge in [-0.1, -0.05) is 0 Å². The molecule has 84 valence electrons. The smallest absolute Gasteiger partial charge is 0.417 e. The first-order chi connectivity index (χ1) is 6.79. The first-order valence-electron chi connectivity index (χ1n) is 3.45. The van der Waals surface area contributed by atoms with E-state index in [9.17, 15) is 22.0 Å². The molecule has 15 heavy (non-hydrogen) atoms. The summed E-state index contributed by atoms with van der Waals surface area (Å²) in [7, 11) is 0. The Morgan fingerprint density at radius 1 is 1.27 bits per heavy atom. The van der Waals surface area contributed by atoms with Crippen molar-refractivity contribution in [2.75, 3.05) is 5.73 Å². The van der Waals surface area contributed by atoms with E-state index in [4.69, 9.17) is 5.73 Å².